The van der Waals surface area contributed by atoms with Gasteiger partial charge in [-0.1, -0.05) is 169 Å². The lowest BCUT2D eigenvalue weighted by atomic mass is 9.94. The van der Waals surface area contributed by atoms with Gasteiger partial charge in [-0.3, -0.25) is 4.79 Å². The molecule has 0 aromatic rings. The normalized spacial score (nSPS) is 12.4. The van der Waals surface area contributed by atoms with Gasteiger partial charge in [-0.2, -0.15) is 0 Å². The Morgan fingerprint density at radius 3 is 1.09 bits per heavy atom. The first-order valence-electron chi connectivity index (χ1n) is 15.8. The Balaban J connectivity index is 3.81. The highest BCUT2D eigenvalue weighted by Crippen LogP contribution is 2.21. The van der Waals surface area contributed by atoms with E-state index in [-0.39, 0.29) is 11.9 Å². The molecule has 0 aromatic heterocycles. The Morgan fingerprint density at radius 2 is 0.794 bits per heavy atom. The van der Waals surface area contributed by atoms with Crippen LogP contribution in [0.5, 0.6) is 0 Å². The molecule has 0 aliphatic rings. The third-order valence-electron chi connectivity index (χ3n) is 7.20. The third kappa shape index (κ3) is 24.6. The average Bonchev–Trinajstić information content (AvgIpc) is 2.83. The molecule has 2 nitrogen and oxygen atoms in total. The molecule has 1 unspecified atom stereocenters. The quantitative estimate of drug-likeness (QED) is 0.0862. The summed E-state index contributed by atoms with van der Waals surface area (Å²) in [6.45, 7) is 9.38. The summed E-state index contributed by atoms with van der Waals surface area (Å²) in [6.07, 6.45) is 32.1. The summed E-state index contributed by atoms with van der Waals surface area (Å²) >= 11 is 0. The van der Waals surface area contributed by atoms with Gasteiger partial charge in [0.05, 0.1) is 12.5 Å². The fourth-order valence-electron chi connectivity index (χ4n) is 4.86. The van der Waals surface area contributed by atoms with Gasteiger partial charge in [-0.05, 0) is 18.8 Å². The maximum Gasteiger partial charge on any atom is 0.308 e. The van der Waals surface area contributed by atoms with Crippen LogP contribution in [0.2, 0.25) is 0 Å². The van der Waals surface area contributed by atoms with Gasteiger partial charge in [0.1, 0.15) is 0 Å². The van der Waals surface area contributed by atoms with Crippen LogP contribution in [0.1, 0.15) is 182 Å². The summed E-state index contributed by atoms with van der Waals surface area (Å²) < 4.78 is 5.62. The van der Waals surface area contributed by atoms with Gasteiger partial charge in [0.2, 0.25) is 0 Å². The molecule has 2 heteroatoms. The smallest absolute Gasteiger partial charge is 0.308 e. The number of unbranched alkanes of at least 4 members (excludes halogenated alkanes) is 20. The molecule has 1 atom stereocenters. The number of hydrogen-bond donors (Lipinski definition) is 0. The van der Waals surface area contributed by atoms with Gasteiger partial charge in [0, 0.05) is 0 Å². The first kappa shape index (κ1) is 33.5. The van der Waals surface area contributed by atoms with E-state index >= 15 is 0 Å². The minimum Gasteiger partial charge on any atom is -0.465 e. The SMILES string of the molecule is CCCCCCCCCCCCCCCCC(CCCCCCCCCC)C(=O)OCC(C)C. The molecule has 0 aromatic carbocycles. The van der Waals surface area contributed by atoms with Crippen LogP contribution in [0.3, 0.4) is 0 Å². The van der Waals surface area contributed by atoms with Crippen molar-refractivity contribution in [3.8, 4) is 0 Å². The Kier molecular flexibility index (Phi) is 26.6. The molecule has 0 spiro atoms. The third-order valence-corrected chi connectivity index (χ3v) is 7.20. The minimum atomic E-state index is 0.0753. The number of carbonyl (C=O) groups excluding carboxylic acids is 1. The molecule has 0 fully saturated rings. The lowest BCUT2D eigenvalue weighted by Gasteiger charge is -2.17. The van der Waals surface area contributed by atoms with E-state index in [0.717, 1.165) is 12.8 Å². The second kappa shape index (κ2) is 27.1. The average molecular weight is 481 g/mol. The number of hydrogen-bond acceptors (Lipinski definition) is 2. The predicted octanol–water partition coefficient (Wildman–Crippen LogP) is 11.2. The Labute approximate surface area is 215 Å². The zero-order valence-corrected chi connectivity index (χ0v) is 24.1. The van der Waals surface area contributed by atoms with Crippen LogP contribution in [-0.2, 0) is 9.53 Å². The van der Waals surface area contributed by atoms with E-state index in [9.17, 15) is 4.79 Å². The molecular formula is C32H64O2. The number of ether oxygens (including phenoxy) is 1. The standard InChI is InChI=1S/C32H64O2/c1-5-7-9-11-13-15-16-17-18-19-20-22-24-26-28-31(32(33)34-29-30(3)4)27-25-23-21-14-12-10-8-6-2/h30-31H,5-29H2,1-4H3. The van der Waals surface area contributed by atoms with Crippen molar-refractivity contribution in [3.05, 3.63) is 0 Å². The highest BCUT2D eigenvalue weighted by atomic mass is 16.5. The fraction of sp³-hybridized carbons (Fsp3) is 0.969. The number of rotatable bonds is 27. The first-order valence-corrected chi connectivity index (χ1v) is 15.8. The van der Waals surface area contributed by atoms with Gasteiger partial charge in [0.25, 0.3) is 0 Å². The summed E-state index contributed by atoms with van der Waals surface area (Å²) in [4.78, 5) is 12.6. The monoisotopic (exact) mass is 480 g/mol. The first-order chi connectivity index (χ1) is 16.6. The molecule has 0 heterocycles. The Bertz CT molecular complexity index is 404. The van der Waals surface area contributed by atoms with Gasteiger partial charge in [-0.25, -0.2) is 0 Å². The van der Waals surface area contributed by atoms with E-state index in [1.807, 2.05) is 0 Å². The van der Waals surface area contributed by atoms with Gasteiger partial charge in [0.15, 0.2) is 0 Å². The van der Waals surface area contributed by atoms with Crippen molar-refractivity contribution in [2.75, 3.05) is 6.61 Å². The van der Waals surface area contributed by atoms with E-state index in [1.54, 1.807) is 0 Å². The van der Waals surface area contributed by atoms with E-state index < -0.39 is 0 Å². The van der Waals surface area contributed by atoms with E-state index in [2.05, 4.69) is 27.7 Å². The summed E-state index contributed by atoms with van der Waals surface area (Å²) in [5.41, 5.74) is 0. The molecule has 0 saturated heterocycles. The van der Waals surface area contributed by atoms with Crippen molar-refractivity contribution in [1.82, 2.24) is 0 Å². The molecule has 0 saturated carbocycles. The second-order valence-electron chi connectivity index (χ2n) is 11.4. The second-order valence-corrected chi connectivity index (χ2v) is 11.4. The lowest BCUT2D eigenvalue weighted by molar-refractivity contribution is -0.150. The van der Waals surface area contributed by atoms with Gasteiger partial charge in [-0.15, -0.1) is 0 Å². The molecule has 0 aliphatic heterocycles. The zero-order valence-electron chi connectivity index (χ0n) is 24.1. The van der Waals surface area contributed by atoms with Crippen molar-refractivity contribution in [2.24, 2.45) is 11.8 Å². The van der Waals surface area contributed by atoms with Crippen molar-refractivity contribution < 1.29 is 9.53 Å². The maximum absolute atomic E-state index is 12.6. The van der Waals surface area contributed by atoms with Crippen LogP contribution in [0, 0.1) is 11.8 Å². The molecule has 0 amide bonds. The van der Waals surface area contributed by atoms with Crippen LogP contribution in [-0.4, -0.2) is 12.6 Å². The highest BCUT2D eigenvalue weighted by molar-refractivity contribution is 5.72. The van der Waals surface area contributed by atoms with Gasteiger partial charge < -0.3 is 4.74 Å². The summed E-state index contributed by atoms with van der Waals surface area (Å²) in [6, 6.07) is 0. The summed E-state index contributed by atoms with van der Waals surface area (Å²) in [5.74, 6) is 0.635. The molecule has 0 bridgehead atoms. The van der Waals surface area contributed by atoms with Crippen molar-refractivity contribution >= 4 is 5.97 Å². The van der Waals surface area contributed by atoms with Gasteiger partial charge >= 0.3 is 5.97 Å². The molecule has 204 valence electrons. The van der Waals surface area contributed by atoms with Crippen molar-refractivity contribution in [1.29, 1.82) is 0 Å². The Morgan fingerprint density at radius 1 is 0.500 bits per heavy atom. The van der Waals surface area contributed by atoms with Crippen LogP contribution < -0.4 is 0 Å². The molecule has 0 radical (unpaired) electrons. The summed E-state index contributed by atoms with van der Waals surface area (Å²) in [5, 5.41) is 0. The lowest BCUT2D eigenvalue weighted by Crippen LogP contribution is -2.20. The molecular weight excluding hydrogens is 416 g/mol. The molecule has 0 rings (SSSR count). The van der Waals surface area contributed by atoms with Crippen molar-refractivity contribution in [2.45, 2.75) is 182 Å². The molecule has 34 heavy (non-hydrogen) atoms. The Hall–Kier alpha value is -0.530. The van der Waals surface area contributed by atoms with Crippen LogP contribution in [0.4, 0.5) is 0 Å². The topological polar surface area (TPSA) is 26.3 Å². The van der Waals surface area contributed by atoms with E-state index in [4.69, 9.17) is 4.74 Å². The molecule has 0 aliphatic carbocycles. The van der Waals surface area contributed by atoms with E-state index in [1.165, 1.54) is 141 Å². The number of esters is 1. The highest BCUT2D eigenvalue weighted by Gasteiger charge is 2.19. The fourth-order valence-corrected chi connectivity index (χ4v) is 4.86. The summed E-state index contributed by atoms with van der Waals surface area (Å²) in [7, 11) is 0. The van der Waals surface area contributed by atoms with Crippen molar-refractivity contribution in [3.63, 3.8) is 0 Å². The maximum atomic E-state index is 12.6. The van der Waals surface area contributed by atoms with Crippen LogP contribution in [0.25, 0.3) is 0 Å². The zero-order chi connectivity index (χ0) is 25.1. The molecule has 0 N–H and O–H groups in total. The van der Waals surface area contributed by atoms with E-state index in [0.29, 0.717) is 12.5 Å². The predicted molar refractivity (Wildman–Crippen MR) is 151 cm³/mol. The minimum absolute atomic E-state index is 0.0753. The largest absolute Gasteiger partial charge is 0.465 e. The van der Waals surface area contributed by atoms with Crippen LogP contribution >= 0.6 is 0 Å². The number of carbonyl (C=O) groups is 1. The van der Waals surface area contributed by atoms with Crippen LogP contribution in [0.15, 0.2) is 0 Å².